The Labute approximate surface area is 344 Å². The van der Waals surface area contributed by atoms with Crippen LogP contribution in [0.4, 0.5) is 0 Å². The van der Waals surface area contributed by atoms with E-state index in [1.807, 2.05) is 13.0 Å². The minimum atomic E-state index is -1.56. The second-order valence-corrected chi connectivity index (χ2v) is 16.9. The van der Waals surface area contributed by atoms with Gasteiger partial charge < -0.3 is 40.3 Å². The van der Waals surface area contributed by atoms with E-state index in [4.69, 9.17) is 9.47 Å². The molecule has 0 aliphatic carbocycles. The third-order valence-electron chi connectivity index (χ3n) is 11.6. The summed E-state index contributed by atoms with van der Waals surface area (Å²) in [5.74, 6) is -0.228. The lowest BCUT2D eigenvalue weighted by Crippen LogP contribution is -2.60. The molecule has 332 valence electrons. The molecule has 1 saturated heterocycles. The van der Waals surface area contributed by atoms with Crippen LogP contribution in [0.3, 0.4) is 0 Å². The maximum absolute atomic E-state index is 12.3. The Hall–Kier alpha value is -1.07. The molecule has 56 heavy (non-hydrogen) atoms. The van der Waals surface area contributed by atoms with Crippen LogP contribution in [0.1, 0.15) is 226 Å². The molecule has 7 unspecified atom stereocenters. The summed E-state index contributed by atoms with van der Waals surface area (Å²) < 4.78 is 11.0. The Morgan fingerprint density at radius 3 is 1.36 bits per heavy atom. The van der Waals surface area contributed by atoms with Crippen molar-refractivity contribution in [1.29, 1.82) is 0 Å². The van der Waals surface area contributed by atoms with Gasteiger partial charge in [-0.15, -0.1) is 0 Å². The van der Waals surface area contributed by atoms with E-state index >= 15 is 0 Å². The molecule has 1 fully saturated rings. The molecular weight excluding hydrogens is 707 g/mol. The minimum absolute atomic E-state index is 0.191. The lowest BCUT2D eigenvalue weighted by atomic mass is 9.99. The maximum atomic E-state index is 12.3. The summed E-state index contributed by atoms with van der Waals surface area (Å²) in [5.41, 5.74) is 0. The predicted octanol–water partition coefficient (Wildman–Crippen LogP) is 10.1. The van der Waals surface area contributed by atoms with E-state index in [0.29, 0.717) is 12.8 Å². The minimum Gasteiger partial charge on any atom is -0.394 e. The standard InChI is InChI=1S/C47H91NO8/c1-3-5-6-7-8-9-10-11-12-13-14-15-16-17-18-19-20-21-22-23-24-25-26-27-28-29-30-31-32-33-34-35-37-41(50)40(48-43(51)36-4-2)39-55-47-46(54)45(53)44(52)42(38-49)56-47/h35,37,40-42,44-47,49-50,52-54H,3-34,36,38-39H2,1-2H3,(H,48,51)/b37-35+. The van der Waals surface area contributed by atoms with Crippen LogP contribution in [0.15, 0.2) is 12.2 Å². The topological polar surface area (TPSA) is 149 Å². The van der Waals surface area contributed by atoms with Crippen LogP contribution in [-0.4, -0.2) is 87.5 Å². The summed E-state index contributed by atoms with van der Waals surface area (Å²) in [6.07, 6.45) is 39.0. The zero-order valence-electron chi connectivity index (χ0n) is 36.4. The molecule has 1 aliphatic rings. The van der Waals surface area contributed by atoms with Crippen LogP contribution in [0.2, 0.25) is 0 Å². The number of carbonyl (C=O) groups excluding carboxylic acids is 1. The molecular formula is C47H91NO8. The number of aliphatic hydroxyl groups is 5. The third-order valence-corrected chi connectivity index (χ3v) is 11.6. The summed E-state index contributed by atoms with van der Waals surface area (Å²) in [6, 6.07) is -0.795. The molecule has 0 aromatic carbocycles. The Bertz CT molecular complexity index is 888. The Morgan fingerprint density at radius 2 is 0.982 bits per heavy atom. The van der Waals surface area contributed by atoms with Gasteiger partial charge in [-0.2, -0.15) is 0 Å². The zero-order valence-corrected chi connectivity index (χ0v) is 36.4. The molecule has 0 aromatic rings. The van der Waals surface area contributed by atoms with Gasteiger partial charge in [-0.25, -0.2) is 0 Å². The molecule has 0 saturated carbocycles. The number of hydrogen-bond donors (Lipinski definition) is 6. The van der Waals surface area contributed by atoms with Gasteiger partial charge >= 0.3 is 0 Å². The van der Waals surface area contributed by atoms with E-state index in [1.165, 1.54) is 180 Å². The van der Waals surface area contributed by atoms with Crippen LogP contribution in [-0.2, 0) is 14.3 Å². The van der Waals surface area contributed by atoms with Gasteiger partial charge in [-0.1, -0.05) is 212 Å². The summed E-state index contributed by atoms with van der Waals surface area (Å²) in [6.45, 7) is 3.43. The Balaban J connectivity index is 1.95. The van der Waals surface area contributed by atoms with Crippen molar-refractivity contribution in [2.75, 3.05) is 13.2 Å². The highest BCUT2D eigenvalue weighted by molar-refractivity contribution is 5.76. The average Bonchev–Trinajstić information content (AvgIpc) is 3.19. The molecule has 1 rings (SSSR count). The van der Waals surface area contributed by atoms with Crippen LogP contribution in [0.25, 0.3) is 0 Å². The molecule has 1 aliphatic heterocycles. The number of carbonyl (C=O) groups is 1. The number of hydrogen-bond acceptors (Lipinski definition) is 8. The molecule has 0 bridgehead atoms. The highest BCUT2D eigenvalue weighted by Gasteiger charge is 2.44. The monoisotopic (exact) mass is 798 g/mol. The molecule has 1 amide bonds. The van der Waals surface area contributed by atoms with Crippen molar-refractivity contribution < 1.29 is 39.8 Å². The lowest BCUT2D eigenvalue weighted by Gasteiger charge is -2.40. The van der Waals surface area contributed by atoms with Crippen molar-refractivity contribution >= 4 is 5.91 Å². The quantitative estimate of drug-likeness (QED) is 0.0265. The molecule has 9 nitrogen and oxygen atoms in total. The van der Waals surface area contributed by atoms with E-state index in [9.17, 15) is 30.3 Å². The van der Waals surface area contributed by atoms with Gasteiger partial charge in [0.25, 0.3) is 0 Å². The van der Waals surface area contributed by atoms with Gasteiger partial charge in [0.2, 0.25) is 5.91 Å². The summed E-state index contributed by atoms with van der Waals surface area (Å²) in [4.78, 5) is 12.3. The molecule has 0 spiro atoms. The fourth-order valence-corrected chi connectivity index (χ4v) is 7.79. The summed E-state index contributed by atoms with van der Waals surface area (Å²) in [7, 11) is 0. The van der Waals surface area contributed by atoms with Gasteiger partial charge in [0.05, 0.1) is 25.4 Å². The van der Waals surface area contributed by atoms with Gasteiger partial charge in [0.1, 0.15) is 24.4 Å². The zero-order chi connectivity index (χ0) is 40.9. The van der Waals surface area contributed by atoms with Crippen molar-refractivity contribution in [1.82, 2.24) is 5.32 Å². The number of allylic oxidation sites excluding steroid dienone is 1. The molecule has 1 heterocycles. The maximum Gasteiger partial charge on any atom is 0.220 e. The molecule has 7 atom stereocenters. The molecule has 9 heteroatoms. The number of nitrogens with one attached hydrogen (secondary N) is 1. The lowest BCUT2D eigenvalue weighted by molar-refractivity contribution is -0.302. The highest BCUT2D eigenvalue weighted by atomic mass is 16.7. The summed E-state index contributed by atoms with van der Waals surface area (Å²) >= 11 is 0. The smallest absolute Gasteiger partial charge is 0.220 e. The number of aliphatic hydroxyl groups excluding tert-OH is 5. The first-order valence-electron chi connectivity index (χ1n) is 23.9. The SMILES string of the molecule is CCCCCCCCCCCCCCCCCCCCCCCCCCCCCCCC/C=C/C(O)C(COC1OC(CO)C(O)C(O)C1O)NC(=O)CCC. The van der Waals surface area contributed by atoms with Gasteiger partial charge in [0, 0.05) is 6.42 Å². The van der Waals surface area contributed by atoms with Crippen molar-refractivity contribution in [2.45, 2.75) is 269 Å². The van der Waals surface area contributed by atoms with Crippen LogP contribution >= 0.6 is 0 Å². The molecule has 0 radical (unpaired) electrons. The van der Waals surface area contributed by atoms with Crippen molar-refractivity contribution in [3.8, 4) is 0 Å². The van der Waals surface area contributed by atoms with Gasteiger partial charge in [-0.05, 0) is 19.3 Å². The first kappa shape index (κ1) is 52.9. The van der Waals surface area contributed by atoms with Gasteiger partial charge in [0.15, 0.2) is 6.29 Å². The van der Waals surface area contributed by atoms with Crippen LogP contribution in [0.5, 0.6) is 0 Å². The van der Waals surface area contributed by atoms with Crippen LogP contribution < -0.4 is 5.32 Å². The Kier molecular flexibility index (Phi) is 36.1. The largest absolute Gasteiger partial charge is 0.394 e. The van der Waals surface area contributed by atoms with Crippen LogP contribution in [0, 0.1) is 0 Å². The second kappa shape index (κ2) is 38.2. The number of unbranched alkanes of at least 4 members (excludes halogenated alkanes) is 30. The highest BCUT2D eigenvalue weighted by Crippen LogP contribution is 2.23. The number of ether oxygens (including phenoxy) is 2. The van der Waals surface area contributed by atoms with E-state index < -0.39 is 49.5 Å². The van der Waals surface area contributed by atoms with Gasteiger partial charge in [-0.3, -0.25) is 4.79 Å². The Morgan fingerprint density at radius 1 is 0.589 bits per heavy atom. The molecule has 0 aromatic heterocycles. The normalized spacial score (nSPS) is 21.2. The first-order valence-corrected chi connectivity index (χ1v) is 23.9. The van der Waals surface area contributed by atoms with Crippen molar-refractivity contribution in [3.63, 3.8) is 0 Å². The van der Waals surface area contributed by atoms with Crippen molar-refractivity contribution in [2.24, 2.45) is 0 Å². The number of rotatable bonds is 40. The summed E-state index contributed by atoms with van der Waals surface area (Å²) in [5, 5.41) is 53.3. The first-order chi connectivity index (χ1) is 27.3. The fourth-order valence-electron chi connectivity index (χ4n) is 7.79. The fraction of sp³-hybridized carbons (Fsp3) is 0.936. The van der Waals surface area contributed by atoms with E-state index in [1.54, 1.807) is 6.08 Å². The van der Waals surface area contributed by atoms with E-state index in [2.05, 4.69) is 12.2 Å². The number of amides is 1. The average molecular weight is 798 g/mol. The third kappa shape index (κ3) is 28.4. The van der Waals surface area contributed by atoms with E-state index in [0.717, 1.165) is 19.3 Å². The molecule has 6 N–H and O–H groups in total. The van der Waals surface area contributed by atoms with E-state index in [-0.39, 0.29) is 12.5 Å². The predicted molar refractivity (Wildman–Crippen MR) is 231 cm³/mol. The van der Waals surface area contributed by atoms with Crippen molar-refractivity contribution in [3.05, 3.63) is 12.2 Å². The second-order valence-electron chi connectivity index (χ2n) is 16.9.